The molecule has 3 aromatic rings. The number of amides is 1. The van der Waals surface area contributed by atoms with Crippen LogP contribution in [0.5, 0.6) is 0 Å². The molecule has 0 aliphatic heterocycles. The second kappa shape index (κ2) is 8.46. The van der Waals surface area contributed by atoms with Gasteiger partial charge in [0.2, 0.25) is 5.91 Å². The number of aromatic nitrogens is 3. The normalized spacial score (nSPS) is 10.6. The van der Waals surface area contributed by atoms with E-state index >= 15 is 0 Å². The van der Waals surface area contributed by atoms with Crippen LogP contribution in [0.25, 0.3) is 10.7 Å². The van der Waals surface area contributed by atoms with Crippen LogP contribution in [0.3, 0.4) is 0 Å². The van der Waals surface area contributed by atoms with Crippen LogP contribution in [-0.4, -0.2) is 26.4 Å². The fourth-order valence-electron chi connectivity index (χ4n) is 2.14. The molecule has 2 heterocycles. The van der Waals surface area contributed by atoms with Crippen molar-refractivity contribution in [3.8, 4) is 10.7 Å². The molecular formula is C17H15BrN4OS2. The molecule has 0 fully saturated rings. The Morgan fingerprint density at radius 3 is 2.80 bits per heavy atom. The number of anilines is 1. The van der Waals surface area contributed by atoms with E-state index in [-0.39, 0.29) is 11.7 Å². The Morgan fingerprint density at radius 1 is 1.32 bits per heavy atom. The smallest absolute Gasteiger partial charge is 0.234 e. The summed E-state index contributed by atoms with van der Waals surface area (Å²) in [7, 11) is 0. The van der Waals surface area contributed by atoms with Crippen LogP contribution in [0.1, 0.15) is 0 Å². The van der Waals surface area contributed by atoms with E-state index < -0.39 is 0 Å². The molecule has 0 aliphatic rings. The first-order valence-corrected chi connectivity index (χ1v) is 10.1. The van der Waals surface area contributed by atoms with Crippen LogP contribution in [0, 0.1) is 0 Å². The van der Waals surface area contributed by atoms with E-state index in [9.17, 15) is 4.79 Å². The highest BCUT2D eigenvalue weighted by Gasteiger charge is 2.15. The van der Waals surface area contributed by atoms with Gasteiger partial charge in [-0.2, -0.15) is 0 Å². The lowest BCUT2D eigenvalue weighted by Gasteiger charge is -2.07. The van der Waals surface area contributed by atoms with Crippen molar-refractivity contribution >= 4 is 50.6 Å². The maximum Gasteiger partial charge on any atom is 0.234 e. The molecule has 0 aliphatic carbocycles. The monoisotopic (exact) mass is 434 g/mol. The van der Waals surface area contributed by atoms with Gasteiger partial charge >= 0.3 is 0 Å². The van der Waals surface area contributed by atoms with Crippen molar-refractivity contribution in [3.05, 3.63) is 58.9 Å². The summed E-state index contributed by atoms with van der Waals surface area (Å²) in [6, 6.07) is 11.4. The summed E-state index contributed by atoms with van der Waals surface area (Å²) in [5.74, 6) is 0.972. The van der Waals surface area contributed by atoms with Gasteiger partial charge in [-0.3, -0.25) is 9.36 Å². The number of nitrogens with one attached hydrogen (secondary N) is 1. The van der Waals surface area contributed by atoms with Crippen molar-refractivity contribution in [2.24, 2.45) is 0 Å². The fraction of sp³-hybridized carbons (Fsp3) is 0.118. The van der Waals surface area contributed by atoms with E-state index in [2.05, 4.69) is 38.0 Å². The molecule has 0 bridgehead atoms. The van der Waals surface area contributed by atoms with Crippen molar-refractivity contribution in [2.75, 3.05) is 11.1 Å². The molecule has 128 valence electrons. The zero-order valence-electron chi connectivity index (χ0n) is 13.2. The minimum atomic E-state index is -0.0850. The van der Waals surface area contributed by atoms with Crippen LogP contribution < -0.4 is 5.32 Å². The molecule has 0 saturated heterocycles. The van der Waals surface area contributed by atoms with Crippen molar-refractivity contribution in [1.29, 1.82) is 0 Å². The minimum Gasteiger partial charge on any atom is -0.325 e. The summed E-state index contributed by atoms with van der Waals surface area (Å²) >= 11 is 6.34. The number of hydrogen-bond donors (Lipinski definition) is 1. The van der Waals surface area contributed by atoms with Crippen LogP contribution in [-0.2, 0) is 11.3 Å². The topological polar surface area (TPSA) is 59.8 Å². The molecule has 2 aromatic heterocycles. The van der Waals surface area contributed by atoms with E-state index in [1.807, 2.05) is 46.3 Å². The Hall–Kier alpha value is -1.90. The number of carbonyl (C=O) groups excluding carboxylic acids is 1. The van der Waals surface area contributed by atoms with Gasteiger partial charge in [0.25, 0.3) is 0 Å². The van der Waals surface area contributed by atoms with E-state index in [0.717, 1.165) is 20.9 Å². The second-order valence-corrected chi connectivity index (χ2v) is 7.83. The zero-order chi connectivity index (χ0) is 17.6. The number of thioether (sulfide) groups is 1. The van der Waals surface area contributed by atoms with Gasteiger partial charge in [-0.1, -0.05) is 39.8 Å². The van der Waals surface area contributed by atoms with E-state index in [0.29, 0.717) is 11.7 Å². The van der Waals surface area contributed by atoms with Gasteiger partial charge in [0, 0.05) is 16.7 Å². The van der Waals surface area contributed by atoms with Crippen LogP contribution in [0.15, 0.2) is 64.1 Å². The first-order chi connectivity index (χ1) is 12.2. The standard InChI is InChI=1S/C17H15BrN4OS2/c1-2-9-22-16(14-4-3-10-24-14)20-21-17(22)25-11-15(23)19-13-7-5-12(18)6-8-13/h2-8,10H,1,9,11H2,(H,19,23). The molecule has 8 heteroatoms. The Kier molecular flexibility index (Phi) is 6.06. The highest BCUT2D eigenvalue weighted by Crippen LogP contribution is 2.27. The summed E-state index contributed by atoms with van der Waals surface area (Å²) in [6.45, 7) is 4.39. The van der Waals surface area contributed by atoms with E-state index in [4.69, 9.17) is 0 Å². The van der Waals surface area contributed by atoms with E-state index in [1.54, 1.807) is 17.4 Å². The molecule has 1 aromatic carbocycles. The van der Waals surface area contributed by atoms with Gasteiger partial charge in [-0.15, -0.1) is 28.1 Å². The van der Waals surface area contributed by atoms with Gasteiger partial charge in [0.15, 0.2) is 11.0 Å². The van der Waals surface area contributed by atoms with Gasteiger partial charge in [0.1, 0.15) is 0 Å². The fourth-order valence-corrected chi connectivity index (χ4v) is 3.87. The third kappa shape index (κ3) is 4.59. The number of hydrogen-bond acceptors (Lipinski definition) is 5. The highest BCUT2D eigenvalue weighted by atomic mass is 79.9. The number of carbonyl (C=O) groups is 1. The maximum absolute atomic E-state index is 12.2. The average Bonchev–Trinajstić information content (AvgIpc) is 3.25. The number of rotatable bonds is 7. The Bertz CT molecular complexity index is 859. The highest BCUT2D eigenvalue weighted by molar-refractivity contribution is 9.10. The molecule has 0 radical (unpaired) electrons. The Labute approximate surface area is 162 Å². The minimum absolute atomic E-state index is 0.0850. The molecule has 1 amide bonds. The van der Waals surface area contributed by atoms with Crippen molar-refractivity contribution < 1.29 is 4.79 Å². The molecule has 5 nitrogen and oxygen atoms in total. The van der Waals surface area contributed by atoms with Crippen LogP contribution >= 0.6 is 39.0 Å². The number of benzene rings is 1. The van der Waals surface area contributed by atoms with Crippen molar-refractivity contribution in [1.82, 2.24) is 14.8 Å². The lowest BCUT2D eigenvalue weighted by molar-refractivity contribution is -0.113. The van der Waals surface area contributed by atoms with Crippen molar-refractivity contribution in [3.63, 3.8) is 0 Å². The molecular weight excluding hydrogens is 420 g/mol. The predicted molar refractivity (Wildman–Crippen MR) is 107 cm³/mol. The summed E-state index contributed by atoms with van der Waals surface area (Å²) in [5, 5.41) is 14.1. The van der Waals surface area contributed by atoms with Crippen LogP contribution in [0.2, 0.25) is 0 Å². The molecule has 3 rings (SSSR count). The zero-order valence-corrected chi connectivity index (χ0v) is 16.4. The lowest BCUT2D eigenvalue weighted by atomic mass is 10.3. The maximum atomic E-state index is 12.2. The first kappa shape index (κ1) is 17.9. The molecule has 0 unspecified atom stereocenters. The van der Waals surface area contributed by atoms with Gasteiger partial charge in [0.05, 0.1) is 10.6 Å². The summed E-state index contributed by atoms with van der Waals surface area (Å²) in [6.07, 6.45) is 1.80. The molecule has 0 spiro atoms. The van der Waals surface area contributed by atoms with Gasteiger partial charge in [-0.25, -0.2) is 0 Å². The molecule has 0 saturated carbocycles. The molecule has 1 N–H and O–H groups in total. The van der Waals surface area contributed by atoms with E-state index in [1.165, 1.54) is 11.8 Å². The number of nitrogens with zero attached hydrogens (tertiary/aromatic N) is 3. The molecule has 0 atom stereocenters. The van der Waals surface area contributed by atoms with Crippen LogP contribution in [0.4, 0.5) is 5.69 Å². The number of thiophene rings is 1. The third-order valence-corrected chi connectivity index (χ3v) is 5.59. The SMILES string of the molecule is C=CCn1c(SCC(=O)Nc2ccc(Br)cc2)nnc1-c1cccs1. The second-order valence-electron chi connectivity index (χ2n) is 5.03. The number of halogens is 1. The summed E-state index contributed by atoms with van der Waals surface area (Å²) in [5.41, 5.74) is 0.764. The van der Waals surface area contributed by atoms with Gasteiger partial charge in [-0.05, 0) is 35.7 Å². The Balaban J connectivity index is 1.67. The predicted octanol–water partition coefficient (Wildman–Crippen LogP) is 4.69. The third-order valence-electron chi connectivity index (χ3n) is 3.23. The summed E-state index contributed by atoms with van der Waals surface area (Å²) < 4.78 is 2.94. The Morgan fingerprint density at radius 2 is 2.12 bits per heavy atom. The van der Waals surface area contributed by atoms with Crippen molar-refractivity contribution in [2.45, 2.75) is 11.7 Å². The lowest BCUT2D eigenvalue weighted by Crippen LogP contribution is -2.14. The average molecular weight is 435 g/mol. The largest absolute Gasteiger partial charge is 0.325 e. The number of allylic oxidation sites excluding steroid dienone is 1. The molecule has 25 heavy (non-hydrogen) atoms. The summed E-state index contributed by atoms with van der Waals surface area (Å²) in [4.78, 5) is 13.2. The van der Waals surface area contributed by atoms with Gasteiger partial charge < -0.3 is 5.32 Å². The first-order valence-electron chi connectivity index (χ1n) is 7.43. The quantitative estimate of drug-likeness (QED) is 0.432.